The van der Waals surface area contributed by atoms with Crippen molar-refractivity contribution in [2.24, 2.45) is 0 Å². The number of nitrogens with zero attached hydrogens (tertiary/aromatic N) is 2. The lowest BCUT2D eigenvalue weighted by Crippen LogP contribution is -2.13. The molecule has 2 aromatic rings. The second-order valence-electron chi connectivity index (χ2n) is 3.85. The molecular weight excluding hydrogens is 268 g/mol. The first-order valence-electron chi connectivity index (χ1n) is 5.66. The molecule has 0 spiro atoms. The van der Waals surface area contributed by atoms with Gasteiger partial charge in [-0.05, 0) is 24.1 Å². The molecule has 6 nitrogen and oxygen atoms in total. The molecule has 0 bridgehead atoms. The first kappa shape index (κ1) is 13.4. The van der Waals surface area contributed by atoms with E-state index in [0.29, 0.717) is 29.6 Å². The molecule has 0 unspecified atom stereocenters. The maximum Gasteiger partial charge on any atom is 0.227 e. The lowest BCUT2D eigenvalue weighted by Gasteiger charge is -2.06. The van der Waals surface area contributed by atoms with E-state index < -0.39 is 0 Å². The van der Waals surface area contributed by atoms with Gasteiger partial charge in [0.25, 0.3) is 0 Å². The molecule has 0 atom stereocenters. The first-order chi connectivity index (χ1) is 9.19. The zero-order chi connectivity index (χ0) is 13.7. The van der Waals surface area contributed by atoms with Gasteiger partial charge in [-0.25, -0.2) is 5.10 Å². The van der Waals surface area contributed by atoms with Crippen molar-refractivity contribution in [3.8, 4) is 5.75 Å². The summed E-state index contributed by atoms with van der Waals surface area (Å²) in [5.74, 6) is 0.831. The summed E-state index contributed by atoms with van der Waals surface area (Å²) in [6.07, 6.45) is 2.26. The predicted molar refractivity (Wildman–Crippen MR) is 71.3 cm³/mol. The van der Waals surface area contributed by atoms with Crippen molar-refractivity contribution < 1.29 is 9.53 Å². The molecule has 100 valence electrons. The number of nitrogens with one attached hydrogen (secondary N) is 2. The number of halogens is 1. The van der Waals surface area contributed by atoms with Gasteiger partial charge in [0.1, 0.15) is 12.1 Å². The molecule has 1 heterocycles. The number of rotatable bonds is 5. The molecule has 0 aliphatic heterocycles. The van der Waals surface area contributed by atoms with E-state index in [1.807, 2.05) is 6.07 Å². The van der Waals surface area contributed by atoms with Gasteiger partial charge in [-0.15, -0.1) is 0 Å². The number of benzene rings is 1. The Morgan fingerprint density at radius 2 is 2.37 bits per heavy atom. The highest BCUT2D eigenvalue weighted by molar-refractivity contribution is 6.32. The highest BCUT2D eigenvalue weighted by atomic mass is 35.5. The van der Waals surface area contributed by atoms with Crippen LogP contribution in [0.15, 0.2) is 24.5 Å². The molecule has 0 saturated heterocycles. The summed E-state index contributed by atoms with van der Waals surface area (Å²) in [7, 11) is 1.56. The summed E-state index contributed by atoms with van der Waals surface area (Å²) in [6.45, 7) is 0. The topological polar surface area (TPSA) is 79.9 Å². The molecule has 0 fully saturated rings. The molecule has 0 aliphatic carbocycles. The number of aromatic amines is 1. The fourth-order valence-corrected chi connectivity index (χ4v) is 1.86. The zero-order valence-electron chi connectivity index (χ0n) is 10.3. The van der Waals surface area contributed by atoms with Crippen LogP contribution in [0.5, 0.6) is 5.75 Å². The van der Waals surface area contributed by atoms with Crippen LogP contribution in [0.2, 0.25) is 5.02 Å². The predicted octanol–water partition coefficient (Wildman–Crippen LogP) is 2.04. The summed E-state index contributed by atoms with van der Waals surface area (Å²) >= 11 is 6.01. The van der Waals surface area contributed by atoms with E-state index in [1.165, 1.54) is 6.33 Å². The molecule has 0 radical (unpaired) electrons. The maximum atomic E-state index is 11.6. The summed E-state index contributed by atoms with van der Waals surface area (Å²) in [6, 6.07) is 5.46. The lowest BCUT2D eigenvalue weighted by atomic mass is 10.1. The number of amides is 1. The maximum absolute atomic E-state index is 11.6. The molecule has 2 N–H and O–H groups in total. The molecule has 0 saturated carbocycles. The number of aromatic nitrogens is 3. The Hall–Kier alpha value is -2.08. The van der Waals surface area contributed by atoms with Gasteiger partial charge in [0.05, 0.1) is 12.1 Å². The van der Waals surface area contributed by atoms with Crippen LogP contribution in [-0.2, 0) is 11.2 Å². The highest BCUT2D eigenvalue weighted by Crippen LogP contribution is 2.25. The molecular formula is C12H13ClN4O2. The van der Waals surface area contributed by atoms with Crippen LogP contribution in [0, 0.1) is 0 Å². The van der Waals surface area contributed by atoms with Crippen LogP contribution in [0.4, 0.5) is 5.95 Å². The molecule has 1 aromatic carbocycles. The minimum absolute atomic E-state index is 0.135. The monoisotopic (exact) mass is 280 g/mol. The summed E-state index contributed by atoms with van der Waals surface area (Å²) in [4.78, 5) is 15.4. The average Bonchev–Trinajstić information content (AvgIpc) is 2.89. The number of carbonyl (C=O) groups excluding carboxylic acids is 1. The molecule has 7 heteroatoms. The quantitative estimate of drug-likeness (QED) is 0.878. The minimum atomic E-state index is -0.135. The van der Waals surface area contributed by atoms with Gasteiger partial charge in [0, 0.05) is 6.42 Å². The number of hydrogen-bond acceptors (Lipinski definition) is 4. The van der Waals surface area contributed by atoms with E-state index in [9.17, 15) is 4.79 Å². The third-order valence-electron chi connectivity index (χ3n) is 2.53. The first-order valence-corrected chi connectivity index (χ1v) is 6.04. The normalized spacial score (nSPS) is 10.2. The average molecular weight is 281 g/mol. The standard InChI is InChI=1S/C12H13ClN4O2/c1-19-10-4-2-8(6-9(10)13)3-5-11(18)16-12-14-7-15-17-12/h2,4,6-7H,3,5H2,1H3,(H2,14,15,16,17,18). The smallest absolute Gasteiger partial charge is 0.227 e. The van der Waals surface area contributed by atoms with Crippen molar-refractivity contribution >= 4 is 23.5 Å². The minimum Gasteiger partial charge on any atom is -0.495 e. The molecule has 1 aromatic heterocycles. The number of aryl methyl sites for hydroxylation is 1. The van der Waals surface area contributed by atoms with Crippen molar-refractivity contribution in [2.45, 2.75) is 12.8 Å². The number of ether oxygens (including phenoxy) is 1. The van der Waals surface area contributed by atoms with Gasteiger partial charge < -0.3 is 4.74 Å². The van der Waals surface area contributed by atoms with E-state index in [1.54, 1.807) is 19.2 Å². The van der Waals surface area contributed by atoms with Crippen molar-refractivity contribution in [2.75, 3.05) is 12.4 Å². The molecule has 2 rings (SSSR count). The van der Waals surface area contributed by atoms with Crippen LogP contribution in [0.3, 0.4) is 0 Å². The van der Waals surface area contributed by atoms with Crippen LogP contribution < -0.4 is 10.1 Å². The Morgan fingerprint density at radius 3 is 3.00 bits per heavy atom. The van der Waals surface area contributed by atoms with Gasteiger partial charge >= 0.3 is 0 Å². The SMILES string of the molecule is COc1ccc(CCC(=O)Nc2ncn[nH]2)cc1Cl. The van der Waals surface area contributed by atoms with Gasteiger partial charge in [-0.1, -0.05) is 17.7 Å². The van der Waals surface area contributed by atoms with Crippen molar-refractivity contribution in [1.82, 2.24) is 15.2 Å². The van der Waals surface area contributed by atoms with Gasteiger partial charge in [0.15, 0.2) is 0 Å². The fourth-order valence-electron chi connectivity index (χ4n) is 1.58. The zero-order valence-corrected chi connectivity index (χ0v) is 11.1. The third-order valence-corrected chi connectivity index (χ3v) is 2.83. The Balaban J connectivity index is 1.88. The summed E-state index contributed by atoms with van der Waals surface area (Å²) in [5, 5.41) is 9.34. The molecule has 0 aliphatic rings. The van der Waals surface area contributed by atoms with E-state index >= 15 is 0 Å². The number of methoxy groups -OCH3 is 1. The summed E-state index contributed by atoms with van der Waals surface area (Å²) in [5.41, 5.74) is 0.971. The van der Waals surface area contributed by atoms with Crippen LogP contribution >= 0.6 is 11.6 Å². The van der Waals surface area contributed by atoms with Gasteiger partial charge in [-0.3, -0.25) is 10.1 Å². The Kier molecular flexibility index (Phi) is 4.35. The molecule has 1 amide bonds. The molecule has 19 heavy (non-hydrogen) atoms. The Morgan fingerprint density at radius 1 is 1.53 bits per heavy atom. The van der Waals surface area contributed by atoms with E-state index in [-0.39, 0.29) is 5.91 Å². The number of carbonyl (C=O) groups is 1. The van der Waals surface area contributed by atoms with Crippen LogP contribution in [0.25, 0.3) is 0 Å². The largest absolute Gasteiger partial charge is 0.495 e. The van der Waals surface area contributed by atoms with E-state index in [2.05, 4.69) is 20.5 Å². The Bertz CT molecular complexity index is 557. The van der Waals surface area contributed by atoms with Crippen molar-refractivity contribution in [3.63, 3.8) is 0 Å². The lowest BCUT2D eigenvalue weighted by molar-refractivity contribution is -0.116. The Labute approximate surface area is 115 Å². The second kappa shape index (κ2) is 6.19. The van der Waals surface area contributed by atoms with E-state index in [4.69, 9.17) is 16.3 Å². The number of H-pyrrole nitrogens is 1. The summed E-state index contributed by atoms with van der Waals surface area (Å²) < 4.78 is 5.07. The van der Waals surface area contributed by atoms with Gasteiger partial charge in [0.2, 0.25) is 11.9 Å². The van der Waals surface area contributed by atoms with Crippen molar-refractivity contribution in [1.29, 1.82) is 0 Å². The number of hydrogen-bond donors (Lipinski definition) is 2. The second-order valence-corrected chi connectivity index (χ2v) is 4.26. The van der Waals surface area contributed by atoms with Crippen molar-refractivity contribution in [3.05, 3.63) is 35.1 Å². The van der Waals surface area contributed by atoms with Crippen LogP contribution in [0.1, 0.15) is 12.0 Å². The fraction of sp³-hybridized carbons (Fsp3) is 0.250. The van der Waals surface area contributed by atoms with E-state index in [0.717, 1.165) is 5.56 Å². The third kappa shape index (κ3) is 3.69. The van der Waals surface area contributed by atoms with Crippen LogP contribution in [-0.4, -0.2) is 28.2 Å². The number of anilines is 1. The highest BCUT2D eigenvalue weighted by Gasteiger charge is 2.06. The van der Waals surface area contributed by atoms with Gasteiger partial charge in [-0.2, -0.15) is 10.1 Å².